The molecule has 174 valence electrons. The van der Waals surface area contributed by atoms with Crippen molar-refractivity contribution < 1.29 is 14.4 Å². The first-order valence-corrected chi connectivity index (χ1v) is 11.5. The Kier molecular flexibility index (Phi) is 5.75. The molecular weight excluding hydrogens is 462 g/mol. The summed E-state index contributed by atoms with van der Waals surface area (Å²) in [5, 5.41) is 3.61. The summed E-state index contributed by atoms with van der Waals surface area (Å²) in [6.45, 7) is 4.41. The quantitative estimate of drug-likeness (QED) is 0.302. The van der Waals surface area contributed by atoms with Crippen LogP contribution in [0.3, 0.4) is 0 Å². The second-order valence-electron chi connectivity index (χ2n) is 8.56. The van der Waals surface area contributed by atoms with Gasteiger partial charge >= 0.3 is 6.03 Å². The number of amides is 4. The molecule has 1 saturated heterocycles. The van der Waals surface area contributed by atoms with E-state index in [1.807, 2.05) is 36.5 Å². The van der Waals surface area contributed by atoms with Crippen LogP contribution in [0.2, 0.25) is 5.02 Å². The van der Waals surface area contributed by atoms with Gasteiger partial charge in [-0.3, -0.25) is 14.9 Å². The molecule has 1 fully saturated rings. The van der Waals surface area contributed by atoms with E-state index in [0.29, 0.717) is 28.4 Å². The molecule has 2 heterocycles. The summed E-state index contributed by atoms with van der Waals surface area (Å²) in [4.78, 5) is 39.7. The third-order valence-electron chi connectivity index (χ3n) is 6.14. The van der Waals surface area contributed by atoms with Crippen molar-refractivity contribution >= 4 is 52.1 Å². The molecule has 4 aromatic rings. The number of hydrogen-bond acceptors (Lipinski definition) is 3. The zero-order valence-corrected chi connectivity index (χ0v) is 20.0. The van der Waals surface area contributed by atoms with E-state index < -0.39 is 17.8 Å². The van der Waals surface area contributed by atoms with Crippen molar-refractivity contribution in [3.63, 3.8) is 0 Å². The highest BCUT2D eigenvalue weighted by Crippen LogP contribution is 2.31. The molecule has 7 heteroatoms. The van der Waals surface area contributed by atoms with Crippen LogP contribution in [0, 0.1) is 13.8 Å². The number of halogens is 1. The molecule has 0 spiro atoms. The highest BCUT2D eigenvalue weighted by molar-refractivity contribution is 6.40. The molecule has 0 unspecified atom stereocenters. The molecule has 0 radical (unpaired) electrons. The second kappa shape index (κ2) is 8.89. The van der Waals surface area contributed by atoms with Crippen LogP contribution in [0.5, 0.6) is 0 Å². The fraction of sp³-hybridized carbons (Fsp3) is 0.107. The minimum absolute atomic E-state index is 0.123. The third kappa shape index (κ3) is 4.13. The average molecular weight is 484 g/mol. The van der Waals surface area contributed by atoms with Gasteiger partial charge in [0.05, 0.1) is 5.69 Å². The maximum absolute atomic E-state index is 13.4. The topological polar surface area (TPSA) is 71.4 Å². The highest BCUT2D eigenvalue weighted by atomic mass is 35.5. The second-order valence-corrected chi connectivity index (χ2v) is 8.97. The van der Waals surface area contributed by atoms with Crippen LogP contribution >= 0.6 is 11.6 Å². The van der Waals surface area contributed by atoms with Gasteiger partial charge in [0.25, 0.3) is 11.8 Å². The number of carbonyl (C=O) groups excluding carboxylic acids is 3. The van der Waals surface area contributed by atoms with Crippen LogP contribution in [-0.2, 0) is 16.1 Å². The van der Waals surface area contributed by atoms with Gasteiger partial charge in [-0.2, -0.15) is 0 Å². The van der Waals surface area contributed by atoms with Crippen molar-refractivity contribution in [1.29, 1.82) is 0 Å². The summed E-state index contributed by atoms with van der Waals surface area (Å²) >= 11 is 6.21. The highest BCUT2D eigenvalue weighted by Gasteiger charge is 2.37. The molecule has 1 N–H and O–H groups in total. The number of imide groups is 2. The van der Waals surface area contributed by atoms with E-state index in [0.717, 1.165) is 21.4 Å². The normalized spacial score (nSPS) is 15.2. The Balaban J connectivity index is 1.59. The van der Waals surface area contributed by atoms with E-state index in [4.69, 9.17) is 11.6 Å². The van der Waals surface area contributed by atoms with Gasteiger partial charge in [-0.25, -0.2) is 9.69 Å². The summed E-state index contributed by atoms with van der Waals surface area (Å²) in [6, 6.07) is 20.2. The predicted octanol–water partition coefficient (Wildman–Crippen LogP) is 5.63. The summed E-state index contributed by atoms with van der Waals surface area (Å²) < 4.78 is 2.09. The van der Waals surface area contributed by atoms with Gasteiger partial charge in [0.2, 0.25) is 0 Å². The number of aryl methyl sites for hydroxylation is 1. The maximum atomic E-state index is 13.4. The van der Waals surface area contributed by atoms with Crippen molar-refractivity contribution in [3.05, 3.63) is 106 Å². The standard InChI is InChI=1S/C28H22ClN3O3/c1-17-7-5-8-19(13-17)15-31-16-20(21-9-3-4-11-25(21)31)14-22-26(33)30-28(35)32(27(22)34)24-12-6-10-23(29)18(24)2/h3-14,16H,15H2,1-2H3,(H,30,33,35)/b22-14+. The first kappa shape index (κ1) is 22.6. The first-order valence-electron chi connectivity index (χ1n) is 11.1. The van der Waals surface area contributed by atoms with E-state index in [2.05, 4.69) is 35.0 Å². The Bertz CT molecular complexity index is 1550. The first-order chi connectivity index (χ1) is 16.8. The van der Waals surface area contributed by atoms with E-state index in [1.54, 1.807) is 31.2 Å². The summed E-state index contributed by atoms with van der Waals surface area (Å²) in [5.74, 6) is -1.42. The van der Waals surface area contributed by atoms with Crippen LogP contribution in [0.25, 0.3) is 17.0 Å². The van der Waals surface area contributed by atoms with Gasteiger partial charge in [-0.1, -0.05) is 65.7 Å². The fourth-order valence-electron chi connectivity index (χ4n) is 4.40. The maximum Gasteiger partial charge on any atom is 0.335 e. The van der Waals surface area contributed by atoms with Gasteiger partial charge in [0.15, 0.2) is 0 Å². The molecule has 0 atom stereocenters. The number of carbonyl (C=O) groups is 3. The number of aromatic nitrogens is 1. The van der Waals surface area contributed by atoms with E-state index >= 15 is 0 Å². The number of fused-ring (bicyclic) bond motifs is 1. The minimum Gasteiger partial charge on any atom is -0.342 e. The van der Waals surface area contributed by atoms with Gasteiger partial charge in [-0.05, 0) is 49.2 Å². The number of nitrogens with one attached hydrogen (secondary N) is 1. The molecule has 1 aliphatic rings. The number of barbiturate groups is 1. The average Bonchev–Trinajstić information content (AvgIpc) is 3.16. The number of anilines is 1. The molecule has 35 heavy (non-hydrogen) atoms. The Morgan fingerprint density at radius 3 is 2.51 bits per heavy atom. The Morgan fingerprint density at radius 1 is 0.943 bits per heavy atom. The van der Waals surface area contributed by atoms with Crippen LogP contribution in [0.15, 0.2) is 78.5 Å². The predicted molar refractivity (Wildman–Crippen MR) is 137 cm³/mol. The zero-order valence-electron chi connectivity index (χ0n) is 19.2. The molecular formula is C28H22ClN3O3. The monoisotopic (exact) mass is 483 g/mol. The molecule has 0 bridgehead atoms. The lowest BCUT2D eigenvalue weighted by Crippen LogP contribution is -2.54. The number of urea groups is 1. The van der Waals surface area contributed by atoms with Crippen molar-refractivity contribution in [2.45, 2.75) is 20.4 Å². The van der Waals surface area contributed by atoms with Gasteiger partial charge in [0, 0.05) is 34.2 Å². The Morgan fingerprint density at radius 2 is 1.71 bits per heavy atom. The number of benzene rings is 3. The van der Waals surface area contributed by atoms with Crippen LogP contribution in [0.1, 0.15) is 22.3 Å². The van der Waals surface area contributed by atoms with Crippen LogP contribution in [-0.4, -0.2) is 22.4 Å². The van der Waals surface area contributed by atoms with Crippen molar-refractivity contribution in [2.75, 3.05) is 4.90 Å². The molecule has 0 saturated carbocycles. The molecule has 6 nitrogen and oxygen atoms in total. The Labute approximate surface area is 207 Å². The van der Waals surface area contributed by atoms with Crippen LogP contribution < -0.4 is 10.2 Å². The lowest BCUT2D eigenvalue weighted by Gasteiger charge is -2.27. The van der Waals surface area contributed by atoms with Crippen LogP contribution in [0.4, 0.5) is 10.5 Å². The summed E-state index contributed by atoms with van der Waals surface area (Å²) in [5.41, 5.74) is 4.78. The number of nitrogens with zero attached hydrogens (tertiary/aromatic N) is 2. The van der Waals surface area contributed by atoms with Crippen molar-refractivity contribution in [3.8, 4) is 0 Å². The largest absolute Gasteiger partial charge is 0.342 e. The number of hydrogen-bond donors (Lipinski definition) is 1. The number of rotatable bonds is 4. The lowest BCUT2D eigenvalue weighted by molar-refractivity contribution is -0.122. The van der Waals surface area contributed by atoms with E-state index in [1.165, 1.54) is 5.56 Å². The fourth-order valence-corrected chi connectivity index (χ4v) is 4.57. The summed E-state index contributed by atoms with van der Waals surface area (Å²) in [6.07, 6.45) is 3.47. The zero-order chi connectivity index (χ0) is 24.7. The molecule has 4 amide bonds. The SMILES string of the molecule is Cc1cccc(Cn2cc(/C=C3\C(=O)NC(=O)N(c4cccc(Cl)c4C)C3=O)c3ccccc32)c1. The minimum atomic E-state index is -0.801. The molecule has 5 rings (SSSR count). The third-order valence-corrected chi connectivity index (χ3v) is 6.55. The van der Waals surface area contributed by atoms with Gasteiger partial charge in [0.1, 0.15) is 5.57 Å². The molecule has 0 aliphatic carbocycles. The van der Waals surface area contributed by atoms with Crippen molar-refractivity contribution in [2.24, 2.45) is 0 Å². The van der Waals surface area contributed by atoms with Gasteiger partial charge < -0.3 is 4.57 Å². The number of para-hydroxylation sites is 1. The molecule has 3 aromatic carbocycles. The molecule has 1 aromatic heterocycles. The smallest absolute Gasteiger partial charge is 0.335 e. The molecule has 1 aliphatic heterocycles. The Hall–Kier alpha value is -4.16. The summed E-state index contributed by atoms with van der Waals surface area (Å²) in [7, 11) is 0. The lowest BCUT2D eigenvalue weighted by atomic mass is 10.1. The van der Waals surface area contributed by atoms with E-state index in [-0.39, 0.29) is 5.57 Å². The van der Waals surface area contributed by atoms with Gasteiger partial charge in [-0.15, -0.1) is 0 Å². The van der Waals surface area contributed by atoms with Crippen molar-refractivity contribution in [1.82, 2.24) is 9.88 Å². The van der Waals surface area contributed by atoms with E-state index in [9.17, 15) is 14.4 Å².